The fraction of sp³-hybridized carbons (Fsp3) is 0.733. The van der Waals surface area contributed by atoms with Gasteiger partial charge in [-0.15, -0.1) is 0 Å². The Hall–Kier alpha value is -1.32. The summed E-state index contributed by atoms with van der Waals surface area (Å²) in [5.41, 5.74) is 0. The number of carboxylic acids is 1. The Balaban J connectivity index is 2.02. The van der Waals surface area contributed by atoms with Gasteiger partial charge in [-0.3, -0.25) is 4.79 Å². The second kappa shape index (κ2) is 9.59. The summed E-state index contributed by atoms with van der Waals surface area (Å²) in [7, 11) is 0. The van der Waals surface area contributed by atoms with Crippen LogP contribution in [0.25, 0.3) is 0 Å². The molecule has 1 aromatic heterocycles. The largest absolute Gasteiger partial charge is 0.481 e. The fourth-order valence-corrected chi connectivity index (χ4v) is 2.14. The number of aliphatic carboxylic acids is 1. The van der Waals surface area contributed by atoms with Crippen LogP contribution < -0.4 is 4.57 Å². The van der Waals surface area contributed by atoms with Crippen molar-refractivity contribution in [3.05, 3.63) is 18.7 Å². The van der Waals surface area contributed by atoms with Gasteiger partial charge < -0.3 is 5.11 Å². The van der Waals surface area contributed by atoms with Crippen LogP contribution in [-0.4, -0.2) is 15.6 Å². The van der Waals surface area contributed by atoms with Crippen LogP contribution in [0.15, 0.2) is 18.7 Å². The molecular weight excluding hydrogens is 240 g/mol. The van der Waals surface area contributed by atoms with Crippen LogP contribution in [0.4, 0.5) is 0 Å². The molecule has 0 aliphatic rings. The molecule has 0 aliphatic heterocycles. The second-order valence-corrected chi connectivity index (χ2v) is 5.15. The smallest absolute Gasteiger partial charge is 0.303 e. The van der Waals surface area contributed by atoms with Crippen molar-refractivity contribution in [3.8, 4) is 0 Å². The van der Waals surface area contributed by atoms with Gasteiger partial charge in [0.2, 0.25) is 6.33 Å². The third-order valence-corrected chi connectivity index (χ3v) is 3.32. The van der Waals surface area contributed by atoms with Crippen molar-refractivity contribution in [2.24, 2.45) is 0 Å². The Morgan fingerprint density at radius 3 is 2.63 bits per heavy atom. The molecule has 4 heteroatoms. The molecule has 1 rings (SSSR count). The lowest BCUT2D eigenvalue weighted by atomic mass is 10.1. The van der Waals surface area contributed by atoms with Crippen molar-refractivity contribution in [2.75, 3.05) is 0 Å². The van der Waals surface area contributed by atoms with Gasteiger partial charge in [-0.25, -0.2) is 9.13 Å². The first kappa shape index (κ1) is 15.7. The number of unbranched alkanes of at least 4 members (excludes halogenated alkanes) is 5. The Kier molecular flexibility index (Phi) is 7.94. The monoisotopic (exact) mass is 267 g/mol. The maximum Gasteiger partial charge on any atom is 0.303 e. The Morgan fingerprint density at radius 1 is 1.16 bits per heavy atom. The summed E-state index contributed by atoms with van der Waals surface area (Å²) in [5.74, 6) is -0.677. The molecule has 1 heterocycles. The van der Waals surface area contributed by atoms with E-state index >= 15 is 0 Å². The average Bonchev–Trinajstić information content (AvgIpc) is 2.83. The summed E-state index contributed by atoms with van der Waals surface area (Å²) in [4.78, 5) is 10.3. The SMILES string of the molecule is CCCCn1cc[n+](CCCCCCCC(=O)O)c1. The van der Waals surface area contributed by atoms with E-state index < -0.39 is 5.97 Å². The summed E-state index contributed by atoms with van der Waals surface area (Å²) >= 11 is 0. The van der Waals surface area contributed by atoms with Gasteiger partial charge in [0.05, 0.1) is 13.1 Å². The van der Waals surface area contributed by atoms with E-state index in [1.165, 1.54) is 25.7 Å². The molecule has 1 aromatic rings. The third kappa shape index (κ3) is 7.65. The van der Waals surface area contributed by atoms with E-state index in [1.54, 1.807) is 0 Å². The predicted molar refractivity (Wildman–Crippen MR) is 74.9 cm³/mol. The summed E-state index contributed by atoms with van der Waals surface area (Å²) in [6.07, 6.45) is 14.6. The van der Waals surface area contributed by atoms with Gasteiger partial charge in [-0.1, -0.05) is 26.2 Å². The molecule has 0 spiro atoms. The standard InChI is InChI=1S/C15H26N2O2/c1-2-3-10-16-12-13-17(14-16)11-8-6-4-5-7-9-15(18)19/h12-14H,2-11H2,1H3/p+1. The van der Waals surface area contributed by atoms with E-state index in [-0.39, 0.29) is 0 Å². The second-order valence-electron chi connectivity index (χ2n) is 5.15. The van der Waals surface area contributed by atoms with Crippen LogP contribution in [0.3, 0.4) is 0 Å². The summed E-state index contributed by atoms with van der Waals surface area (Å²) in [5, 5.41) is 8.52. The average molecular weight is 267 g/mol. The molecule has 1 N–H and O–H groups in total. The lowest BCUT2D eigenvalue weighted by Gasteiger charge is -1.99. The first-order chi connectivity index (χ1) is 9.22. The molecule has 0 saturated heterocycles. The van der Waals surface area contributed by atoms with Gasteiger partial charge in [0.1, 0.15) is 12.4 Å². The molecule has 19 heavy (non-hydrogen) atoms. The van der Waals surface area contributed by atoms with Gasteiger partial charge in [-0.2, -0.15) is 0 Å². The Labute approximate surface area is 116 Å². The minimum atomic E-state index is -0.677. The number of carboxylic acid groups (broad SMARTS) is 1. The van der Waals surface area contributed by atoms with Crippen LogP contribution in [0.2, 0.25) is 0 Å². The van der Waals surface area contributed by atoms with Gasteiger partial charge in [0.25, 0.3) is 0 Å². The summed E-state index contributed by atoms with van der Waals surface area (Å²) in [6, 6.07) is 0. The minimum absolute atomic E-state index is 0.315. The van der Waals surface area contributed by atoms with Crippen LogP contribution in [0, 0.1) is 0 Å². The molecule has 0 radical (unpaired) electrons. The van der Waals surface area contributed by atoms with Crippen molar-refractivity contribution in [1.29, 1.82) is 0 Å². The number of imidazole rings is 1. The maximum absolute atomic E-state index is 10.3. The molecular formula is C15H27N2O2+. The van der Waals surface area contributed by atoms with Crippen molar-refractivity contribution in [3.63, 3.8) is 0 Å². The van der Waals surface area contributed by atoms with E-state index in [0.717, 1.165) is 32.4 Å². The quantitative estimate of drug-likeness (QED) is 0.495. The number of hydrogen-bond acceptors (Lipinski definition) is 1. The number of carbonyl (C=O) groups is 1. The van der Waals surface area contributed by atoms with Crippen molar-refractivity contribution in [2.45, 2.75) is 71.4 Å². The molecule has 0 fully saturated rings. The Morgan fingerprint density at radius 2 is 1.89 bits per heavy atom. The molecule has 0 bridgehead atoms. The minimum Gasteiger partial charge on any atom is -0.481 e. The molecule has 0 amide bonds. The van der Waals surface area contributed by atoms with Gasteiger partial charge in [0.15, 0.2) is 0 Å². The van der Waals surface area contributed by atoms with Crippen LogP contribution in [-0.2, 0) is 17.9 Å². The van der Waals surface area contributed by atoms with Gasteiger partial charge in [-0.05, 0) is 25.7 Å². The lowest BCUT2D eigenvalue weighted by molar-refractivity contribution is -0.696. The predicted octanol–water partition coefficient (Wildman–Crippen LogP) is 3.00. The Bertz CT molecular complexity index is 361. The third-order valence-electron chi connectivity index (χ3n) is 3.32. The number of hydrogen-bond donors (Lipinski definition) is 1. The van der Waals surface area contributed by atoms with E-state index in [4.69, 9.17) is 5.11 Å². The number of rotatable bonds is 11. The topological polar surface area (TPSA) is 46.1 Å². The molecule has 4 nitrogen and oxygen atoms in total. The van der Waals surface area contributed by atoms with Crippen molar-refractivity contribution >= 4 is 5.97 Å². The molecule has 0 aromatic carbocycles. The lowest BCUT2D eigenvalue weighted by Crippen LogP contribution is -2.30. The highest BCUT2D eigenvalue weighted by molar-refractivity contribution is 5.66. The zero-order valence-electron chi connectivity index (χ0n) is 12.1. The van der Waals surface area contributed by atoms with Crippen molar-refractivity contribution < 1.29 is 14.5 Å². The van der Waals surface area contributed by atoms with Crippen LogP contribution in [0.5, 0.6) is 0 Å². The number of nitrogens with zero attached hydrogens (tertiary/aromatic N) is 2. The molecule has 0 aliphatic carbocycles. The first-order valence-electron chi connectivity index (χ1n) is 7.49. The zero-order chi connectivity index (χ0) is 13.9. The number of aromatic nitrogens is 2. The van der Waals surface area contributed by atoms with Crippen molar-refractivity contribution in [1.82, 2.24) is 4.57 Å². The summed E-state index contributed by atoms with van der Waals surface area (Å²) < 4.78 is 4.49. The molecule has 0 saturated carbocycles. The number of aryl methyl sites for hydroxylation is 2. The van der Waals surface area contributed by atoms with Crippen LogP contribution >= 0.6 is 0 Å². The van der Waals surface area contributed by atoms with E-state index in [9.17, 15) is 4.79 Å². The van der Waals surface area contributed by atoms with E-state index in [1.807, 2.05) is 0 Å². The highest BCUT2D eigenvalue weighted by Gasteiger charge is 2.02. The molecule has 0 atom stereocenters. The maximum atomic E-state index is 10.3. The van der Waals surface area contributed by atoms with E-state index in [0.29, 0.717) is 6.42 Å². The molecule has 0 unspecified atom stereocenters. The first-order valence-corrected chi connectivity index (χ1v) is 7.49. The molecule has 108 valence electrons. The van der Waals surface area contributed by atoms with E-state index in [2.05, 4.69) is 34.8 Å². The van der Waals surface area contributed by atoms with Crippen LogP contribution in [0.1, 0.15) is 58.3 Å². The summed E-state index contributed by atoms with van der Waals surface area (Å²) in [6.45, 7) is 4.39. The fourth-order valence-electron chi connectivity index (χ4n) is 2.14. The van der Waals surface area contributed by atoms with Gasteiger partial charge in [0, 0.05) is 6.42 Å². The van der Waals surface area contributed by atoms with Gasteiger partial charge >= 0.3 is 5.97 Å². The zero-order valence-corrected chi connectivity index (χ0v) is 12.1. The normalized spacial score (nSPS) is 10.8. The highest BCUT2D eigenvalue weighted by atomic mass is 16.4. The highest BCUT2D eigenvalue weighted by Crippen LogP contribution is 2.05.